The molecule has 2 atom stereocenters. The van der Waals surface area contributed by atoms with E-state index in [0.717, 1.165) is 32.1 Å². The van der Waals surface area contributed by atoms with Crippen molar-refractivity contribution in [3.63, 3.8) is 0 Å². The Bertz CT molecular complexity index is 842. The molecule has 2 heterocycles. The smallest absolute Gasteiger partial charge is 0.342 e. The van der Waals surface area contributed by atoms with Crippen molar-refractivity contribution in [2.75, 3.05) is 26.2 Å². The number of hydrogen-bond acceptors (Lipinski definition) is 6. The third kappa shape index (κ3) is 6.51. The van der Waals surface area contributed by atoms with Crippen LogP contribution in [0.4, 0.5) is 0 Å². The van der Waals surface area contributed by atoms with Crippen LogP contribution >= 0.6 is 0 Å². The maximum atomic E-state index is 13.5. The molecule has 0 spiro atoms. The van der Waals surface area contributed by atoms with E-state index in [2.05, 4.69) is 23.8 Å². The number of ether oxygens (including phenoxy) is 1. The fourth-order valence-electron chi connectivity index (χ4n) is 4.43. The molecule has 0 radical (unpaired) electrons. The van der Waals surface area contributed by atoms with Crippen molar-refractivity contribution in [1.82, 2.24) is 19.8 Å². The summed E-state index contributed by atoms with van der Waals surface area (Å²) < 4.78 is 5.23. The van der Waals surface area contributed by atoms with E-state index in [0.29, 0.717) is 37.6 Å². The minimum absolute atomic E-state index is 0.0335. The summed E-state index contributed by atoms with van der Waals surface area (Å²) in [5.74, 6) is -0.198. The van der Waals surface area contributed by atoms with Gasteiger partial charge < -0.3 is 14.5 Å². The molecular formula is C25H40N4O4. The fourth-order valence-corrected chi connectivity index (χ4v) is 4.43. The van der Waals surface area contributed by atoms with Gasteiger partial charge in [-0.15, -0.1) is 0 Å². The van der Waals surface area contributed by atoms with Crippen LogP contribution < -0.4 is 0 Å². The SMILES string of the molecule is CCCCC(CC)C(=O)N1CCN(C(=O)c2nc(C)nc(CCC)c2C(=O)OCC)CC1C. The van der Waals surface area contributed by atoms with Crippen LogP contribution in [-0.4, -0.2) is 69.8 Å². The van der Waals surface area contributed by atoms with E-state index in [1.807, 2.05) is 18.7 Å². The van der Waals surface area contributed by atoms with Crippen molar-refractivity contribution in [3.05, 3.63) is 22.8 Å². The Labute approximate surface area is 198 Å². The maximum Gasteiger partial charge on any atom is 0.342 e. The number of aryl methyl sites for hydroxylation is 2. The first-order valence-electron chi connectivity index (χ1n) is 12.4. The van der Waals surface area contributed by atoms with Gasteiger partial charge in [0.25, 0.3) is 5.91 Å². The van der Waals surface area contributed by atoms with Gasteiger partial charge in [0.15, 0.2) is 0 Å². The Morgan fingerprint density at radius 1 is 1.09 bits per heavy atom. The Morgan fingerprint density at radius 3 is 2.39 bits per heavy atom. The molecule has 184 valence electrons. The highest BCUT2D eigenvalue weighted by Crippen LogP contribution is 2.22. The van der Waals surface area contributed by atoms with Crippen molar-refractivity contribution in [2.45, 2.75) is 86.1 Å². The molecule has 0 N–H and O–H groups in total. The molecule has 8 heteroatoms. The summed E-state index contributed by atoms with van der Waals surface area (Å²) in [5.41, 5.74) is 0.826. The molecule has 1 aliphatic heterocycles. The first kappa shape index (κ1) is 26.7. The molecule has 0 aromatic carbocycles. The lowest BCUT2D eigenvalue weighted by molar-refractivity contribution is -0.140. The summed E-state index contributed by atoms with van der Waals surface area (Å²) in [6.45, 7) is 13.1. The monoisotopic (exact) mass is 460 g/mol. The van der Waals surface area contributed by atoms with Gasteiger partial charge in [-0.3, -0.25) is 9.59 Å². The third-order valence-corrected chi connectivity index (χ3v) is 6.21. The van der Waals surface area contributed by atoms with Gasteiger partial charge in [0.05, 0.1) is 12.3 Å². The first-order valence-corrected chi connectivity index (χ1v) is 12.4. The number of hydrogen-bond donors (Lipinski definition) is 0. The molecule has 33 heavy (non-hydrogen) atoms. The van der Waals surface area contributed by atoms with Crippen LogP contribution in [0.1, 0.15) is 99.1 Å². The highest BCUT2D eigenvalue weighted by atomic mass is 16.5. The third-order valence-electron chi connectivity index (χ3n) is 6.21. The van der Waals surface area contributed by atoms with Gasteiger partial charge in [-0.05, 0) is 40.0 Å². The van der Waals surface area contributed by atoms with Gasteiger partial charge in [-0.2, -0.15) is 0 Å². The van der Waals surface area contributed by atoms with Crippen molar-refractivity contribution in [2.24, 2.45) is 5.92 Å². The molecule has 0 aliphatic carbocycles. The molecule has 2 unspecified atom stereocenters. The largest absolute Gasteiger partial charge is 0.462 e. The van der Waals surface area contributed by atoms with Gasteiger partial charge in [0.2, 0.25) is 5.91 Å². The van der Waals surface area contributed by atoms with Gasteiger partial charge in [-0.1, -0.05) is 40.0 Å². The molecule has 1 aromatic rings. The second-order valence-electron chi connectivity index (χ2n) is 8.79. The molecule has 1 aromatic heterocycles. The molecule has 1 saturated heterocycles. The van der Waals surface area contributed by atoms with Gasteiger partial charge >= 0.3 is 5.97 Å². The van der Waals surface area contributed by atoms with Crippen molar-refractivity contribution in [3.8, 4) is 0 Å². The van der Waals surface area contributed by atoms with E-state index in [9.17, 15) is 14.4 Å². The van der Waals surface area contributed by atoms with Crippen LogP contribution in [-0.2, 0) is 16.0 Å². The van der Waals surface area contributed by atoms with Crippen LogP contribution in [0.25, 0.3) is 0 Å². The molecule has 8 nitrogen and oxygen atoms in total. The zero-order chi connectivity index (χ0) is 24.5. The standard InChI is InChI=1S/C25H40N4O4/c1-7-11-13-19(9-3)23(30)29-15-14-28(16-17(29)5)24(31)22-21(25(32)33-10-4)20(12-8-2)26-18(6)27-22/h17,19H,7-16H2,1-6H3. The minimum Gasteiger partial charge on any atom is -0.462 e. The number of carbonyl (C=O) groups is 3. The highest BCUT2D eigenvalue weighted by molar-refractivity contribution is 6.04. The van der Waals surface area contributed by atoms with E-state index < -0.39 is 5.97 Å². The summed E-state index contributed by atoms with van der Waals surface area (Å²) in [5, 5.41) is 0. The van der Waals surface area contributed by atoms with Crippen LogP contribution in [0.5, 0.6) is 0 Å². The van der Waals surface area contributed by atoms with Gasteiger partial charge in [-0.25, -0.2) is 14.8 Å². The van der Waals surface area contributed by atoms with E-state index >= 15 is 0 Å². The summed E-state index contributed by atoms with van der Waals surface area (Å²) >= 11 is 0. The molecule has 0 bridgehead atoms. The van der Waals surface area contributed by atoms with Crippen LogP contribution in [0.15, 0.2) is 0 Å². The molecule has 1 aliphatic rings. The van der Waals surface area contributed by atoms with E-state index in [1.165, 1.54) is 0 Å². The van der Waals surface area contributed by atoms with Crippen LogP contribution in [0.3, 0.4) is 0 Å². The summed E-state index contributed by atoms with van der Waals surface area (Å²) in [6.07, 6.45) is 5.19. The predicted molar refractivity (Wildman–Crippen MR) is 127 cm³/mol. The number of carbonyl (C=O) groups excluding carboxylic acids is 3. The Morgan fingerprint density at radius 2 is 1.82 bits per heavy atom. The molecular weight excluding hydrogens is 420 g/mol. The summed E-state index contributed by atoms with van der Waals surface area (Å²) in [7, 11) is 0. The number of nitrogens with zero attached hydrogens (tertiary/aromatic N) is 4. The Balaban J connectivity index is 2.26. The zero-order valence-electron chi connectivity index (χ0n) is 21.1. The van der Waals surface area contributed by atoms with Crippen LogP contribution in [0, 0.1) is 12.8 Å². The summed E-state index contributed by atoms with van der Waals surface area (Å²) in [6, 6.07) is -0.102. The average molecular weight is 461 g/mol. The van der Waals surface area contributed by atoms with Crippen LogP contribution in [0.2, 0.25) is 0 Å². The lowest BCUT2D eigenvalue weighted by Crippen LogP contribution is -2.56. The molecule has 1 fully saturated rings. The van der Waals surface area contributed by atoms with Gasteiger partial charge in [0.1, 0.15) is 17.1 Å². The quantitative estimate of drug-likeness (QED) is 0.493. The number of aromatic nitrogens is 2. The van der Waals surface area contributed by atoms with Crippen molar-refractivity contribution >= 4 is 17.8 Å². The topological polar surface area (TPSA) is 92.7 Å². The van der Waals surface area contributed by atoms with E-state index in [-0.39, 0.29) is 41.6 Å². The maximum absolute atomic E-state index is 13.5. The first-order chi connectivity index (χ1) is 15.8. The number of amides is 2. The number of rotatable bonds is 10. The average Bonchev–Trinajstić information content (AvgIpc) is 2.78. The zero-order valence-corrected chi connectivity index (χ0v) is 21.1. The lowest BCUT2D eigenvalue weighted by atomic mass is 9.96. The highest BCUT2D eigenvalue weighted by Gasteiger charge is 2.35. The second kappa shape index (κ2) is 12.7. The number of piperazine rings is 1. The number of esters is 1. The van der Waals surface area contributed by atoms with E-state index in [1.54, 1.807) is 18.7 Å². The molecule has 2 amide bonds. The fraction of sp³-hybridized carbons (Fsp3) is 0.720. The lowest BCUT2D eigenvalue weighted by Gasteiger charge is -2.41. The molecule has 0 saturated carbocycles. The normalized spacial score (nSPS) is 17.1. The summed E-state index contributed by atoms with van der Waals surface area (Å²) in [4.78, 5) is 51.8. The second-order valence-corrected chi connectivity index (χ2v) is 8.79. The van der Waals surface area contributed by atoms with Crippen molar-refractivity contribution in [1.29, 1.82) is 0 Å². The van der Waals surface area contributed by atoms with Gasteiger partial charge in [0, 0.05) is 31.6 Å². The molecule has 2 rings (SSSR count). The predicted octanol–water partition coefficient (Wildman–Crippen LogP) is 3.80. The Hall–Kier alpha value is -2.51. The van der Waals surface area contributed by atoms with Crippen molar-refractivity contribution < 1.29 is 19.1 Å². The minimum atomic E-state index is -0.562. The Kier molecular flexibility index (Phi) is 10.3. The number of unbranched alkanes of at least 4 members (excludes halogenated alkanes) is 1. The van der Waals surface area contributed by atoms with E-state index in [4.69, 9.17) is 4.74 Å².